The first-order valence-corrected chi connectivity index (χ1v) is 6.92. The molecule has 2 heterocycles. The molecule has 1 amide bonds. The van der Waals surface area contributed by atoms with Crippen LogP contribution in [-0.2, 0) is 4.79 Å². The molecule has 1 unspecified atom stereocenters. The third-order valence-electron chi connectivity index (χ3n) is 3.82. The van der Waals surface area contributed by atoms with E-state index in [4.69, 9.17) is 0 Å². The number of amides is 1. The van der Waals surface area contributed by atoms with Crippen molar-refractivity contribution in [2.45, 2.75) is 45.2 Å². The van der Waals surface area contributed by atoms with Crippen molar-refractivity contribution in [3.63, 3.8) is 0 Å². The van der Waals surface area contributed by atoms with Gasteiger partial charge in [-0.05, 0) is 25.8 Å². The molecule has 17 heavy (non-hydrogen) atoms. The third kappa shape index (κ3) is 3.42. The molecule has 0 saturated carbocycles. The summed E-state index contributed by atoms with van der Waals surface area (Å²) in [6, 6.07) is 1.01. The minimum absolute atomic E-state index is 0.271. The molecule has 2 aliphatic heterocycles. The number of carbonyl (C=O) groups is 1. The summed E-state index contributed by atoms with van der Waals surface area (Å²) < 4.78 is 0. The van der Waals surface area contributed by atoms with Gasteiger partial charge in [-0.15, -0.1) is 0 Å². The topological polar surface area (TPSA) is 35.6 Å². The quantitative estimate of drug-likeness (QED) is 0.787. The van der Waals surface area contributed by atoms with Crippen LogP contribution in [0.2, 0.25) is 0 Å². The predicted octanol–water partition coefficient (Wildman–Crippen LogP) is 0.681. The molecule has 2 aliphatic rings. The Bertz CT molecular complexity index is 267. The Balaban J connectivity index is 1.85. The molecular weight excluding hydrogens is 214 g/mol. The molecule has 0 bridgehead atoms. The summed E-state index contributed by atoms with van der Waals surface area (Å²) in [4.78, 5) is 16.7. The fraction of sp³-hybridized carbons (Fsp3) is 0.923. The van der Waals surface area contributed by atoms with Crippen LogP contribution in [0.5, 0.6) is 0 Å². The normalized spacial score (nSPS) is 26.1. The number of nitrogens with one attached hydrogen (secondary N) is 1. The van der Waals surface area contributed by atoms with Crippen molar-refractivity contribution in [1.82, 2.24) is 15.1 Å². The lowest BCUT2D eigenvalue weighted by Crippen LogP contribution is -2.44. The highest BCUT2D eigenvalue weighted by molar-refractivity contribution is 5.78. The average Bonchev–Trinajstić information content (AvgIpc) is 2.63. The van der Waals surface area contributed by atoms with Crippen molar-refractivity contribution in [2.75, 3.05) is 32.7 Å². The van der Waals surface area contributed by atoms with Crippen LogP contribution in [0.1, 0.15) is 33.1 Å². The Morgan fingerprint density at radius 2 is 2.06 bits per heavy atom. The largest absolute Gasteiger partial charge is 0.340 e. The molecule has 0 spiro atoms. The van der Waals surface area contributed by atoms with E-state index in [0.717, 1.165) is 19.5 Å². The maximum Gasteiger partial charge on any atom is 0.236 e. The van der Waals surface area contributed by atoms with E-state index >= 15 is 0 Å². The summed E-state index contributed by atoms with van der Waals surface area (Å²) in [6.07, 6.45) is 3.70. The maximum absolute atomic E-state index is 12.1. The molecule has 4 heteroatoms. The fourth-order valence-electron chi connectivity index (χ4n) is 2.84. The second-order valence-corrected chi connectivity index (χ2v) is 5.56. The molecule has 0 aliphatic carbocycles. The highest BCUT2D eigenvalue weighted by atomic mass is 16.2. The van der Waals surface area contributed by atoms with Gasteiger partial charge in [0.25, 0.3) is 0 Å². The number of carbonyl (C=O) groups excluding carboxylic acids is 1. The van der Waals surface area contributed by atoms with E-state index in [-0.39, 0.29) is 5.91 Å². The predicted molar refractivity (Wildman–Crippen MR) is 68.9 cm³/mol. The van der Waals surface area contributed by atoms with Crippen molar-refractivity contribution < 1.29 is 4.79 Å². The first-order valence-electron chi connectivity index (χ1n) is 6.92. The monoisotopic (exact) mass is 239 g/mol. The van der Waals surface area contributed by atoms with Crippen LogP contribution >= 0.6 is 0 Å². The number of hydrogen-bond donors (Lipinski definition) is 1. The molecule has 2 rings (SSSR count). The molecule has 0 aromatic rings. The zero-order chi connectivity index (χ0) is 12.3. The van der Waals surface area contributed by atoms with Crippen molar-refractivity contribution in [1.29, 1.82) is 0 Å². The van der Waals surface area contributed by atoms with Crippen LogP contribution in [0.4, 0.5) is 0 Å². The first kappa shape index (κ1) is 12.8. The summed E-state index contributed by atoms with van der Waals surface area (Å²) in [5.74, 6) is 0.271. The van der Waals surface area contributed by atoms with Crippen molar-refractivity contribution in [2.24, 2.45) is 0 Å². The minimum Gasteiger partial charge on any atom is -0.340 e. The van der Waals surface area contributed by atoms with E-state index in [1.807, 2.05) is 0 Å². The van der Waals surface area contributed by atoms with Crippen LogP contribution < -0.4 is 5.32 Å². The molecule has 0 aromatic heterocycles. The first-order chi connectivity index (χ1) is 8.16. The molecule has 1 N–H and O–H groups in total. The molecule has 98 valence electrons. The fourth-order valence-corrected chi connectivity index (χ4v) is 2.84. The van der Waals surface area contributed by atoms with Crippen molar-refractivity contribution in [3.8, 4) is 0 Å². The van der Waals surface area contributed by atoms with Gasteiger partial charge in [0, 0.05) is 31.7 Å². The zero-order valence-corrected chi connectivity index (χ0v) is 11.1. The van der Waals surface area contributed by atoms with Crippen molar-refractivity contribution in [3.05, 3.63) is 0 Å². The summed E-state index contributed by atoms with van der Waals surface area (Å²) >= 11 is 0. The van der Waals surface area contributed by atoms with Crippen LogP contribution in [0, 0.1) is 0 Å². The lowest BCUT2D eigenvalue weighted by molar-refractivity contribution is -0.130. The average molecular weight is 239 g/mol. The smallest absolute Gasteiger partial charge is 0.236 e. The van der Waals surface area contributed by atoms with E-state index in [1.54, 1.807) is 0 Å². The van der Waals surface area contributed by atoms with Gasteiger partial charge in [0.05, 0.1) is 6.54 Å². The second-order valence-electron chi connectivity index (χ2n) is 5.56. The Hall–Kier alpha value is -0.610. The van der Waals surface area contributed by atoms with E-state index in [1.165, 1.54) is 25.9 Å². The van der Waals surface area contributed by atoms with Crippen molar-refractivity contribution >= 4 is 5.91 Å². The number of hydrogen-bond acceptors (Lipinski definition) is 3. The van der Waals surface area contributed by atoms with Crippen LogP contribution in [0.15, 0.2) is 0 Å². The van der Waals surface area contributed by atoms with Gasteiger partial charge in [0.15, 0.2) is 0 Å². The summed E-state index contributed by atoms with van der Waals surface area (Å²) in [5.41, 5.74) is 0. The number of fused-ring (bicyclic) bond motifs is 1. The Morgan fingerprint density at radius 3 is 2.82 bits per heavy atom. The minimum atomic E-state index is 0.271. The van der Waals surface area contributed by atoms with Gasteiger partial charge < -0.3 is 10.2 Å². The van der Waals surface area contributed by atoms with Gasteiger partial charge in [-0.1, -0.05) is 13.8 Å². The molecular formula is C13H25N3O. The highest BCUT2D eigenvalue weighted by Crippen LogP contribution is 2.21. The summed E-state index contributed by atoms with van der Waals surface area (Å²) in [5, 5.41) is 3.22. The van der Waals surface area contributed by atoms with Crippen LogP contribution in [-0.4, -0.2) is 60.5 Å². The Kier molecular flexibility index (Phi) is 4.40. The Labute approximate surface area is 104 Å². The lowest BCUT2D eigenvalue weighted by Gasteiger charge is -2.26. The van der Waals surface area contributed by atoms with E-state index in [9.17, 15) is 4.79 Å². The second kappa shape index (κ2) is 5.83. The third-order valence-corrected chi connectivity index (χ3v) is 3.82. The van der Waals surface area contributed by atoms with E-state index in [0.29, 0.717) is 18.6 Å². The highest BCUT2D eigenvalue weighted by Gasteiger charge is 2.30. The Morgan fingerprint density at radius 1 is 1.29 bits per heavy atom. The van der Waals surface area contributed by atoms with Gasteiger partial charge in [-0.25, -0.2) is 0 Å². The standard InChI is InChI=1S/C13H25N3O/c1-11(2)14-9-13(17)16-8-4-7-15-6-3-5-12(15)10-16/h11-12,14H,3-10H2,1-2H3. The lowest BCUT2D eigenvalue weighted by atomic mass is 10.2. The molecule has 0 radical (unpaired) electrons. The van der Waals surface area contributed by atoms with Gasteiger partial charge >= 0.3 is 0 Å². The van der Waals surface area contributed by atoms with E-state index < -0.39 is 0 Å². The van der Waals surface area contributed by atoms with Gasteiger partial charge in [-0.3, -0.25) is 9.69 Å². The molecule has 2 fully saturated rings. The van der Waals surface area contributed by atoms with Gasteiger partial charge in [-0.2, -0.15) is 0 Å². The van der Waals surface area contributed by atoms with Gasteiger partial charge in [0.2, 0.25) is 5.91 Å². The SMILES string of the molecule is CC(C)NCC(=O)N1CCCN2CCCC2C1. The zero-order valence-electron chi connectivity index (χ0n) is 11.1. The molecule has 2 saturated heterocycles. The van der Waals surface area contributed by atoms with Crippen LogP contribution in [0.25, 0.3) is 0 Å². The molecule has 1 atom stereocenters. The van der Waals surface area contributed by atoms with Gasteiger partial charge in [0.1, 0.15) is 0 Å². The summed E-state index contributed by atoms with van der Waals surface area (Å²) in [6.45, 7) is 8.93. The molecule has 4 nitrogen and oxygen atoms in total. The number of rotatable bonds is 3. The summed E-state index contributed by atoms with van der Waals surface area (Å²) in [7, 11) is 0. The maximum atomic E-state index is 12.1. The molecule has 0 aromatic carbocycles. The van der Waals surface area contributed by atoms with Crippen LogP contribution in [0.3, 0.4) is 0 Å². The van der Waals surface area contributed by atoms with E-state index in [2.05, 4.69) is 29.0 Å². The number of nitrogens with zero attached hydrogens (tertiary/aromatic N) is 2.